The van der Waals surface area contributed by atoms with E-state index in [4.69, 9.17) is 7.98 Å². The predicted molar refractivity (Wildman–Crippen MR) is 57.0 cm³/mol. The van der Waals surface area contributed by atoms with Gasteiger partial charge in [-0.25, -0.2) is 0 Å². The van der Waals surface area contributed by atoms with Crippen molar-refractivity contribution in [3.8, 4) is 0 Å². The van der Waals surface area contributed by atoms with Crippen molar-refractivity contribution in [3.05, 3.63) is 30.0 Å². The van der Waals surface area contributed by atoms with Crippen molar-refractivity contribution in [2.24, 2.45) is 0 Å². The molecule has 0 aliphatic heterocycles. The van der Waals surface area contributed by atoms with Gasteiger partial charge in [0.15, 0.2) is 0 Å². The van der Waals surface area contributed by atoms with E-state index in [1.807, 2.05) is 45.2 Å². The van der Waals surface area contributed by atoms with E-state index >= 15 is 0 Å². The molecule has 0 bridgehead atoms. The third kappa shape index (κ3) is 1.91. The fraction of sp³-hybridized carbons (Fsp3) is 0.300. The van der Waals surface area contributed by atoms with E-state index in [0.717, 1.165) is 10.9 Å². The SMILES string of the molecule is CC.[B]n1cc2c(C)cccc2n1. The fourth-order valence-electron chi connectivity index (χ4n) is 1.21. The minimum atomic E-state index is 0.951. The lowest BCUT2D eigenvalue weighted by molar-refractivity contribution is 1.01. The number of hydrogen-bond donors (Lipinski definition) is 0. The molecule has 0 fully saturated rings. The van der Waals surface area contributed by atoms with Gasteiger partial charge in [0.2, 0.25) is 0 Å². The molecule has 0 unspecified atom stereocenters. The molecule has 2 radical (unpaired) electrons. The Bertz CT molecular complexity index is 393. The normalized spacial score (nSPS) is 9.46. The van der Waals surface area contributed by atoms with E-state index in [2.05, 4.69) is 5.10 Å². The molecule has 3 heteroatoms. The summed E-state index contributed by atoms with van der Waals surface area (Å²) in [5, 5.41) is 5.19. The molecule has 0 aliphatic carbocycles. The van der Waals surface area contributed by atoms with E-state index < -0.39 is 0 Å². The molecule has 1 heterocycles. The van der Waals surface area contributed by atoms with E-state index in [-0.39, 0.29) is 0 Å². The average molecular weight is 172 g/mol. The van der Waals surface area contributed by atoms with Crippen LogP contribution in [0.15, 0.2) is 24.4 Å². The standard InChI is InChI=1S/C8H7BN2.C2H6/c1-6-3-2-4-8-7(6)5-11(9)10-8;1-2/h2-5H,1H3;1-2H3. The molecular weight excluding hydrogens is 159 g/mol. The van der Waals surface area contributed by atoms with Crippen LogP contribution in [-0.4, -0.2) is 17.7 Å². The molecule has 0 N–H and O–H groups in total. The van der Waals surface area contributed by atoms with Crippen LogP contribution in [0.4, 0.5) is 0 Å². The summed E-state index contributed by atoms with van der Waals surface area (Å²) in [6.07, 6.45) is 1.82. The lowest BCUT2D eigenvalue weighted by Crippen LogP contribution is -1.88. The zero-order chi connectivity index (χ0) is 9.84. The predicted octanol–water partition coefficient (Wildman–Crippen LogP) is 2.30. The smallest absolute Gasteiger partial charge is 0.264 e. The van der Waals surface area contributed by atoms with E-state index in [9.17, 15) is 0 Å². The van der Waals surface area contributed by atoms with Gasteiger partial charge in [-0.05, 0) is 18.6 Å². The van der Waals surface area contributed by atoms with Crippen molar-refractivity contribution in [2.45, 2.75) is 20.8 Å². The molecule has 13 heavy (non-hydrogen) atoms. The second-order valence-electron chi connectivity index (χ2n) is 2.62. The molecule has 2 aromatic rings. The summed E-state index contributed by atoms with van der Waals surface area (Å²) in [7, 11) is 5.46. The number of hydrogen-bond acceptors (Lipinski definition) is 1. The molecule has 0 atom stereocenters. The largest absolute Gasteiger partial charge is 0.330 e. The summed E-state index contributed by atoms with van der Waals surface area (Å²) >= 11 is 0. The Balaban J connectivity index is 0.000000396. The number of fused-ring (bicyclic) bond motifs is 1. The summed E-state index contributed by atoms with van der Waals surface area (Å²) in [5.74, 6) is 0. The van der Waals surface area contributed by atoms with Crippen molar-refractivity contribution in [1.29, 1.82) is 0 Å². The Morgan fingerprint density at radius 3 is 2.62 bits per heavy atom. The molecule has 1 aromatic carbocycles. The maximum atomic E-state index is 5.46. The van der Waals surface area contributed by atoms with Crippen LogP contribution < -0.4 is 0 Å². The highest BCUT2D eigenvalue weighted by Crippen LogP contribution is 2.14. The average Bonchev–Trinajstić information content (AvgIpc) is 2.51. The van der Waals surface area contributed by atoms with Gasteiger partial charge in [0.1, 0.15) is 0 Å². The second-order valence-corrected chi connectivity index (χ2v) is 2.62. The number of aromatic nitrogens is 2. The van der Waals surface area contributed by atoms with E-state index in [0.29, 0.717) is 0 Å². The molecule has 0 saturated carbocycles. The summed E-state index contributed by atoms with van der Waals surface area (Å²) in [5.41, 5.74) is 2.16. The molecule has 2 rings (SSSR count). The molecule has 1 aromatic heterocycles. The van der Waals surface area contributed by atoms with Crippen LogP contribution in [0.3, 0.4) is 0 Å². The van der Waals surface area contributed by atoms with Gasteiger partial charge in [0.25, 0.3) is 7.98 Å². The van der Waals surface area contributed by atoms with Crippen LogP contribution in [0.5, 0.6) is 0 Å². The first-order valence-corrected chi connectivity index (χ1v) is 4.47. The van der Waals surface area contributed by atoms with Crippen LogP contribution in [0.1, 0.15) is 19.4 Å². The van der Waals surface area contributed by atoms with E-state index in [1.165, 1.54) is 10.2 Å². The lowest BCUT2D eigenvalue weighted by atomic mass is 10.1. The number of rotatable bonds is 0. The van der Waals surface area contributed by atoms with Gasteiger partial charge in [-0.3, -0.25) is 0 Å². The summed E-state index contributed by atoms with van der Waals surface area (Å²) in [6.45, 7) is 6.05. The van der Waals surface area contributed by atoms with Gasteiger partial charge in [0.05, 0.1) is 5.52 Å². The monoisotopic (exact) mass is 172 g/mol. The molecule has 0 aliphatic rings. The molecule has 66 valence electrons. The lowest BCUT2D eigenvalue weighted by Gasteiger charge is -1.90. The summed E-state index contributed by atoms with van der Waals surface area (Å²) in [4.78, 5) is 0. The van der Waals surface area contributed by atoms with Crippen LogP contribution in [0.25, 0.3) is 10.9 Å². The van der Waals surface area contributed by atoms with Crippen molar-refractivity contribution in [2.75, 3.05) is 0 Å². The van der Waals surface area contributed by atoms with Crippen LogP contribution in [0, 0.1) is 6.92 Å². The zero-order valence-corrected chi connectivity index (χ0v) is 8.28. The minimum absolute atomic E-state index is 0.951. The van der Waals surface area contributed by atoms with Gasteiger partial charge in [0, 0.05) is 11.6 Å². The third-order valence-corrected chi connectivity index (χ3v) is 1.79. The van der Waals surface area contributed by atoms with Gasteiger partial charge >= 0.3 is 0 Å². The Kier molecular flexibility index (Phi) is 3.12. The Morgan fingerprint density at radius 2 is 2.00 bits per heavy atom. The van der Waals surface area contributed by atoms with Gasteiger partial charge in [-0.15, -0.1) is 0 Å². The number of benzene rings is 1. The topological polar surface area (TPSA) is 17.8 Å². The Morgan fingerprint density at radius 1 is 1.31 bits per heavy atom. The van der Waals surface area contributed by atoms with Crippen molar-refractivity contribution >= 4 is 18.9 Å². The number of aryl methyl sites for hydroxylation is 1. The van der Waals surface area contributed by atoms with E-state index in [1.54, 1.807) is 0 Å². The highest BCUT2D eigenvalue weighted by molar-refractivity contribution is 6.07. The third-order valence-electron chi connectivity index (χ3n) is 1.79. The molecule has 0 spiro atoms. The van der Waals surface area contributed by atoms with Crippen molar-refractivity contribution < 1.29 is 0 Å². The maximum Gasteiger partial charge on any atom is 0.264 e. The van der Waals surface area contributed by atoms with Crippen LogP contribution >= 0.6 is 0 Å². The molecular formula is C10H13BN2. The van der Waals surface area contributed by atoms with Crippen molar-refractivity contribution in [1.82, 2.24) is 9.69 Å². The first-order chi connectivity index (χ1) is 6.27. The quantitative estimate of drug-likeness (QED) is 0.557. The zero-order valence-electron chi connectivity index (χ0n) is 8.28. The van der Waals surface area contributed by atoms with Gasteiger partial charge in [-0.1, -0.05) is 26.0 Å². The highest BCUT2D eigenvalue weighted by atomic mass is 15.2. The Hall–Kier alpha value is -1.25. The van der Waals surface area contributed by atoms with Crippen molar-refractivity contribution in [3.63, 3.8) is 0 Å². The molecule has 0 saturated heterocycles. The molecule has 0 amide bonds. The highest BCUT2D eigenvalue weighted by Gasteiger charge is 1.98. The fourth-order valence-corrected chi connectivity index (χ4v) is 1.21. The molecule has 2 nitrogen and oxygen atoms in total. The maximum absolute atomic E-state index is 5.46. The van der Waals surface area contributed by atoms with Gasteiger partial charge in [-0.2, -0.15) is 5.10 Å². The summed E-state index contributed by atoms with van der Waals surface area (Å²) < 4.78 is 1.34. The first kappa shape index (κ1) is 9.84. The minimum Gasteiger partial charge on any atom is -0.330 e. The van der Waals surface area contributed by atoms with Crippen LogP contribution in [-0.2, 0) is 0 Å². The van der Waals surface area contributed by atoms with Crippen LogP contribution in [0.2, 0.25) is 0 Å². The second kappa shape index (κ2) is 4.12. The number of nitrogens with zero attached hydrogens (tertiary/aromatic N) is 2. The Labute approximate surface area is 80.0 Å². The summed E-state index contributed by atoms with van der Waals surface area (Å²) in [6, 6.07) is 5.97. The van der Waals surface area contributed by atoms with Gasteiger partial charge < -0.3 is 4.59 Å². The first-order valence-electron chi connectivity index (χ1n) is 4.47.